The molecule has 0 spiro atoms. The van der Waals surface area contributed by atoms with E-state index in [4.69, 9.17) is 16.0 Å². The lowest BCUT2D eigenvalue weighted by Gasteiger charge is -2.15. The van der Waals surface area contributed by atoms with Gasteiger partial charge in [-0.1, -0.05) is 55.3 Å². The van der Waals surface area contributed by atoms with Gasteiger partial charge in [0.15, 0.2) is 5.76 Å². The summed E-state index contributed by atoms with van der Waals surface area (Å²) in [6.45, 7) is 10.6. The van der Waals surface area contributed by atoms with Gasteiger partial charge in [0.25, 0.3) is 5.91 Å². The van der Waals surface area contributed by atoms with Crippen LogP contribution >= 0.6 is 11.6 Å². The van der Waals surface area contributed by atoms with E-state index in [1.54, 1.807) is 23.7 Å². The molecule has 170 valence electrons. The van der Waals surface area contributed by atoms with Gasteiger partial charge in [-0.3, -0.25) is 25.3 Å². The molecule has 2 heterocycles. The van der Waals surface area contributed by atoms with Crippen LogP contribution in [0.15, 0.2) is 40.8 Å². The number of furan rings is 1. The number of nitrogens with zero attached hydrogens (tertiary/aromatic N) is 3. The molecule has 0 aliphatic rings. The molecule has 0 saturated carbocycles. The Kier molecular flexibility index (Phi) is 7.71. The maximum absolute atomic E-state index is 12.7. The van der Waals surface area contributed by atoms with E-state index in [2.05, 4.69) is 34.7 Å². The summed E-state index contributed by atoms with van der Waals surface area (Å²) in [7, 11) is 0. The predicted molar refractivity (Wildman–Crippen MR) is 123 cm³/mol. The molecule has 3 aromatic rings. The fraction of sp³-hybridized carbons (Fsp3) is 0.348. The number of benzene rings is 1. The molecule has 0 saturated heterocycles. The second-order valence-electron chi connectivity index (χ2n) is 7.53. The maximum atomic E-state index is 12.7. The molecule has 9 heteroatoms. The van der Waals surface area contributed by atoms with Crippen LogP contribution in [0.25, 0.3) is 0 Å². The Morgan fingerprint density at radius 3 is 2.34 bits per heavy atom. The van der Waals surface area contributed by atoms with Crippen molar-refractivity contribution < 1.29 is 14.0 Å². The second-order valence-corrected chi connectivity index (χ2v) is 7.89. The zero-order valence-corrected chi connectivity index (χ0v) is 19.5. The van der Waals surface area contributed by atoms with E-state index >= 15 is 0 Å². The number of aryl methyl sites for hydroxylation is 2. The van der Waals surface area contributed by atoms with Gasteiger partial charge in [0.05, 0.1) is 18.8 Å². The number of carbonyl (C=O) groups is 2. The Hall–Kier alpha value is -3.10. The SMILES string of the molecule is CCN(CC)Cc1ccc(C(=O)NNC(=O)c2c(C)nn(Cc3ccc(C)cc3)c2Cl)o1. The summed E-state index contributed by atoms with van der Waals surface area (Å²) in [6, 6.07) is 11.3. The topological polar surface area (TPSA) is 92.4 Å². The molecule has 2 N–H and O–H groups in total. The van der Waals surface area contributed by atoms with Crippen LogP contribution in [-0.2, 0) is 13.1 Å². The minimum atomic E-state index is -0.551. The summed E-state index contributed by atoms with van der Waals surface area (Å²) in [6.07, 6.45) is 0. The summed E-state index contributed by atoms with van der Waals surface area (Å²) in [4.78, 5) is 27.2. The second kappa shape index (κ2) is 10.5. The number of hydrogen-bond acceptors (Lipinski definition) is 5. The molecule has 0 atom stereocenters. The molecule has 0 fully saturated rings. The first-order chi connectivity index (χ1) is 15.3. The first-order valence-electron chi connectivity index (χ1n) is 10.5. The number of carbonyl (C=O) groups excluding carboxylic acids is 2. The molecular weight excluding hydrogens is 430 g/mol. The van der Waals surface area contributed by atoms with Crippen molar-refractivity contribution in [2.75, 3.05) is 13.1 Å². The third-order valence-electron chi connectivity index (χ3n) is 5.19. The molecule has 8 nitrogen and oxygen atoms in total. The molecule has 2 amide bonds. The van der Waals surface area contributed by atoms with Gasteiger partial charge in [-0.15, -0.1) is 0 Å². The average Bonchev–Trinajstić information content (AvgIpc) is 3.35. The Morgan fingerprint density at radius 1 is 1.03 bits per heavy atom. The Bertz CT molecular complexity index is 1080. The van der Waals surface area contributed by atoms with Crippen LogP contribution in [0, 0.1) is 13.8 Å². The summed E-state index contributed by atoms with van der Waals surface area (Å²) < 4.78 is 7.16. The molecule has 0 radical (unpaired) electrons. The lowest BCUT2D eigenvalue weighted by atomic mass is 10.1. The number of amides is 2. The first-order valence-corrected chi connectivity index (χ1v) is 10.9. The minimum absolute atomic E-state index is 0.116. The van der Waals surface area contributed by atoms with Crippen LogP contribution in [-0.4, -0.2) is 39.6 Å². The molecule has 32 heavy (non-hydrogen) atoms. The van der Waals surface area contributed by atoms with Crippen molar-refractivity contribution in [3.8, 4) is 0 Å². The standard InChI is InChI=1S/C23H28ClN5O3/c1-5-28(6-2)14-18-11-12-19(32-18)22(30)25-26-23(31)20-16(4)27-29(21(20)24)13-17-9-7-15(3)8-10-17/h7-12H,5-6,13-14H2,1-4H3,(H,25,30)(H,26,31). The number of halogens is 1. The zero-order chi connectivity index (χ0) is 23.3. The fourth-order valence-corrected chi connectivity index (χ4v) is 3.59. The third kappa shape index (κ3) is 5.57. The number of rotatable bonds is 8. The van der Waals surface area contributed by atoms with Gasteiger partial charge >= 0.3 is 5.91 Å². The summed E-state index contributed by atoms with van der Waals surface area (Å²) in [5, 5.41) is 4.57. The van der Waals surface area contributed by atoms with Gasteiger partial charge in [-0.2, -0.15) is 5.10 Å². The Morgan fingerprint density at radius 2 is 1.69 bits per heavy atom. The van der Waals surface area contributed by atoms with E-state index in [1.807, 2.05) is 31.2 Å². The molecular formula is C23H28ClN5O3. The molecule has 0 bridgehead atoms. The normalized spacial score (nSPS) is 11.1. The zero-order valence-electron chi connectivity index (χ0n) is 18.7. The van der Waals surface area contributed by atoms with Crippen LogP contribution in [0.2, 0.25) is 5.15 Å². The van der Waals surface area contributed by atoms with Gasteiger partial charge in [0.1, 0.15) is 16.5 Å². The van der Waals surface area contributed by atoms with Crippen molar-refractivity contribution in [1.29, 1.82) is 0 Å². The molecule has 0 aliphatic heterocycles. The van der Waals surface area contributed by atoms with Gasteiger partial charge in [0.2, 0.25) is 0 Å². The number of aromatic nitrogens is 2. The predicted octanol–water partition coefficient (Wildman–Crippen LogP) is 3.71. The number of hydrazine groups is 1. The Balaban J connectivity index is 1.62. The van der Waals surface area contributed by atoms with Gasteiger partial charge in [-0.25, -0.2) is 4.68 Å². The van der Waals surface area contributed by atoms with Crippen molar-refractivity contribution >= 4 is 23.4 Å². The maximum Gasteiger partial charge on any atom is 0.305 e. The van der Waals surface area contributed by atoms with Crippen LogP contribution in [0.5, 0.6) is 0 Å². The van der Waals surface area contributed by atoms with E-state index in [1.165, 1.54) is 0 Å². The van der Waals surface area contributed by atoms with Gasteiger partial charge in [0, 0.05) is 0 Å². The fourth-order valence-electron chi connectivity index (χ4n) is 3.27. The third-order valence-corrected chi connectivity index (χ3v) is 5.58. The number of hydrogen-bond donors (Lipinski definition) is 2. The lowest BCUT2D eigenvalue weighted by molar-refractivity contribution is 0.0828. The van der Waals surface area contributed by atoms with E-state index in [0.29, 0.717) is 24.5 Å². The largest absolute Gasteiger partial charge is 0.454 e. The highest BCUT2D eigenvalue weighted by molar-refractivity contribution is 6.33. The summed E-state index contributed by atoms with van der Waals surface area (Å²) >= 11 is 6.42. The smallest absolute Gasteiger partial charge is 0.305 e. The van der Waals surface area contributed by atoms with Crippen molar-refractivity contribution in [1.82, 2.24) is 25.5 Å². The molecule has 0 unspecified atom stereocenters. The quantitative estimate of drug-likeness (QED) is 0.503. The van der Waals surface area contributed by atoms with Crippen molar-refractivity contribution in [3.05, 3.63) is 75.5 Å². The first kappa shape index (κ1) is 23.6. The van der Waals surface area contributed by atoms with Crippen molar-refractivity contribution in [2.45, 2.75) is 40.8 Å². The van der Waals surface area contributed by atoms with Gasteiger partial charge in [-0.05, 0) is 44.6 Å². The summed E-state index contributed by atoms with van der Waals surface area (Å²) in [5.41, 5.74) is 7.60. The van der Waals surface area contributed by atoms with E-state index in [-0.39, 0.29) is 16.5 Å². The molecule has 1 aromatic carbocycles. The molecule has 3 rings (SSSR count). The van der Waals surface area contributed by atoms with Crippen LogP contribution < -0.4 is 10.9 Å². The van der Waals surface area contributed by atoms with E-state index in [0.717, 1.165) is 24.2 Å². The van der Waals surface area contributed by atoms with Crippen LogP contribution in [0.4, 0.5) is 0 Å². The van der Waals surface area contributed by atoms with Crippen molar-refractivity contribution in [3.63, 3.8) is 0 Å². The Labute approximate surface area is 192 Å². The highest BCUT2D eigenvalue weighted by atomic mass is 35.5. The van der Waals surface area contributed by atoms with E-state index in [9.17, 15) is 9.59 Å². The average molecular weight is 458 g/mol. The summed E-state index contributed by atoms with van der Waals surface area (Å²) in [5.74, 6) is -0.303. The van der Waals surface area contributed by atoms with Crippen molar-refractivity contribution in [2.24, 2.45) is 0 Å². The monoisotopic (exact) mass is 457 g/mol. The lowest BCUT2D eigenvalue weighted by Crippen LogP contribution is -2.41. The highest BCUT2D eigenvalue weighted by Crippen LogP contribution is 2.21. The van der Waals surface area contributed by atoms with Gasteiger partial charge < -0.3 is 4.42 Å². The highest BCUT2D eigenvalue weighted by Gasteiger charge is 2.22. The van der Waals surface area contributed by atoms with Crippen LogP contribution in [0.3, 0.4) is 0 Å². The molecule has 0 aliphatic carbocycles. The van der Waals surface area contributed by atoms with E-state index < -0.39 is 11.8 Å². The van der Waals surface area contributed by atoms with Crippen LogP contribution in [0.1, 0.15) is 57.3 Å². The number of nitrogens with one attached hydrogen (secondary N) is 2. The molecule has 2 aromatic heterocycles. The minimum Gasteiger partial charge on any atom is -0.454 e.